The monoisotopic (exact) mass is 460 g/mol. The van der Waals surface area contributed by atoms with Crippen LogP contribution in [-0.2, 0) is 16.8 Å². The number of nitriles is 1. The zero-order valence-corrected chi connectivity index (χ0v) is 19.4. The van der Waals surface area contributed by atoms with Gasteiger partial charge in [0.05, 0.1) is 23.1 Å². The number of carbonyl (C=O) groups is 1. The summed E-state index contributed by atoms with van der Waals surface area (Å²) >= 11 is 1.54. The predicted octanol–water partition coefficient (Wildman–Crippen LogP) is 5.28. The molecule has 1 fully saturated rings. The van der Waals surface area contributed by atoms with Crippen LogP contribution in [0.5, 0.6) is 0 Å². The summed E-state index contributed by atoms with van der Waals surface area (Å²) in [6.07, 6.45) is 2.00. The van der Waals surface area contributed by atoms with Crippen molar-refractivity contribution >= 4 is 23.2 Å². The maximum Gasteiger partial charge on any atom is 0.234 e. The van der Waals surface area contributed by atoms with Crippen LogP contribution < -0.4 is 5.32 Å². The van der Waals surface area contributed by atoms with E-state index in [1.165, 1.54) is 17.0 Å². The van der Waals surface area contributed by atoms with E-state index in [4.69, 9.17) is 5.41 Å². The van der Waals surface area contributed by atoms with Crippen molar-refractivity contribution in [2.24, 2.45) is 5.92 Å². The van der Waals surface area contributed by atoms with Gasteiger partial charge in [0.15, 0.2) is 5.96 Å². The third kappa shape index (κ3) is 4.53. The molecule has 168 valence electrons. The number of halogens is 1. The van der Waals surface area contributed by atoms with Crippen molar-refractivity contribution in [2.75, 3.05) is 7.05 Å². The number of thiophene rings is 1. The summed E-state index contributed by atoms with van der Waals surface area (Å²) < 4.78 is 13.5. The number of hydrogen-bond donors (Lipinski definition) is 2. The van der Waals surface area contributed by atoms with Crippen molar-refractivity contribution in [3.63, 3.8) is 0 Å². The van der Waals surface area contributed by atoms with Gasteiger partial charge in [0.2, 0.25) is 5.91 Å². The lowest BCUT2D eigenvalue weighted by Crippen LogP contribution is -2.63. The molecule has 1 amide bonds. The number of benzene rings is 2. The lowest BCUT2D eigenvalue weighted by molar-refractivity contribution is -0.135. The van der Waals surface area contributed by atoms with Crippen molar-refractivity contribution in [3.8, 4) is 17.2 Å². The molecule has 2 N–H and O–H groups in total. The molecule has 7 heteroatoms. The molecule has 33 heavy (non-hydrogen) atoms. The lowest BCUT2D eigenvalue weighted by Gasteiger charge is -2.45. The molecule has 3 aromatic rings. The molecule has 0 saturated carbocycles. The second-order valence-corrected chi connectivity index (χ2v) is 9.45. The Morgan fingerprint density at radius 3 is 2.76 bits per heavy atom. The van der Waals surface area contributed by atoms with Gasteiger partial charge in [-0.15, -0.1) is 11.3 Å². The third-order valence-electron chi connectivity index (χ3n) is 6.32. The minimum atomic E-state index is -0.738. The summed E-state index contributed by atoms with van der Waals surface area (Å²) in [6, 6.07) is 18.2. The summed E-state index contributed by atoms with van der Waals surface area (Å²) in [5.41, 5.74) is 2.68. The van der Waals surface area contributed by atoms with Crippen molar-refractivity contribution in [2.45, 2.75) is 31.7 Å². The Bertz CT molecular complexity index is 1250. The first-order valence-corrected chi connectivity index (χ1v) is 11.7. The molecule has 2 aromatic carbocycles. The van der Waals surface area contributed by atoms with Gasteiger partial charge in [-0.2, -0.15) is 5.26 Å². The first kappa shape index (κ1) is 22.7. The number of guanidine groups is 1. The van der Waals surface area contributed by atoms with Crippen LogP contribution in [0.25, 0.3) is 11.1 Å². The fraction of sp³-hybridized carbons (Fsp3) is 0.269. The quantitative estimate of drug-likeness (QED) is 0.525. The maximum atomic E-state index is 13.5. The van der Waals surface area contributed by atoms with Gasteiger partial charge in [-0.1, -0.05) is 24.3 Å². The topological polar surface area (TPSA) is 80.0 Å². The van der Waals surface area contributed by atoms with Crippen LogP contribution in [0.2, 0.25) is 0 Å². The van der Waals surface area contributed by atoms with E-state index in [0.717, 1.165) is 28.0 Å². The zero-order valence-electron chi connectivity index (χ0n) is 18.6. The molecule has 0 spiro atoms. The molecular formula is C26H25FN4OS. The van der Waals surface area contributed by atoms with Crippen LogP contribution in [0.15, 0.2) is 60.0 Å². The second kappa shape index (κ2) is 9.16. The lowest BCUT2D eigenvalue weighted by atomic mass is 9.78. The Labute approximate surface area is 197 Å². The van der Waals surface area contributed by atoms with Crippen LogP contribution in [0, 0.1) is 28.5 Å². The van der Waals surface area contributed by atoms with Gasteiger partial charge in [-0.3, -0.25) is 15.1 Å². The van der Waals surface area contributed by atoms with Crippen molar-refractivity contribution in [1.82, 2.24) is 10.2 Å². The van der Waals surface area contributed by atoms with Crippen LogP contribution in [0.4, 0.5) is 4.39 Å². The molecule has 1 aromatic heterocycles. The average molecular weight is 461 g/mol. The molecule has 1 saturated heterocycles. The summed E-state index contributed by atoms with van der Waals surface area (Å²) in [5, 5.41) is 22.8. The van der Waals surface area contributed by atoms with E-state index in [9.17, 15) is 14.4 Å². The standard InChI is InChI=1S/C26H25FN4OS/c1-26(23-14-20(16-33-23)19-9-3-8-18(12-19)15-28)22(24(32)31(2)25(29)30-26)11-5-7-17-6-4-10-21(27)13-17/h3-4,6,8-10,12-14,16,22H,5,7,11H2,1-2H3,(H2,29,30)/t22?,26-/m0/s1. The molecule has 0 aliphatic carbocycles. The largest absolute Gasteiger partial charge is 0.345 e. The molecule has 1 aliphatic heterocycles. The normalized spacial score (nSPS) is 20.4. The third-order valence-corrected chi connectivity index (χ3v) is 7.49. The fourth-order valence-electron chi connectivity index (χ4n) is 4.38. The second-order valence-electron chi connectivity index (χ2n) is 8.54. The number of hydrogen-bond acceptors (Lipinski definition) is 4. The van der Waals surface area contributed by atoms with Crippen molar-refractivity contribution in [1.29, 1.82) is 10.7 Å². The Kier molecular flexibility index (Phi) is 6.30. The van der Waals surface area contributed by atoms with Crippen molar-refractivity contribution in [3.05, 3.63) is 81.8 Å². The average Bonchev–Trinajstić information content (AvgIpc) is 3.31. The molecule has 4 rings (SSSR count). The minimum Gasteiger partial charge on any atom is -0.345 e. The molecular weight excluding hydrogens is 435 g/mol. The van der Waals surface area contributed by atoms with Gasteiger partial charge in [-0.25, -0.2) is 4.39 Å². The number of rotatable bonds is 6. The molecule has 1 aliphatic rings. The van der Waals surface area contributed by atoms with Crippen LogP contribution in [0.3, 0.4) is 0 Å². The molecule has 1 unspecified atom stereocenters. The van der Waals surface area contributed by atoms with E-state index in [1.807, 2.05) is 42.6 Å². The van der Waals surface area contributed by atoms with Crippen molar-refractivity contribution < 1.29 is 9.18 Å². The number of carbonyl (C=O) groups excluding carboxylic acids is 1. The van der Waals surface area contributed by atoms with E-state index in [2.05, 4.69) is 11.4 Å². The number of aryl methyl sites for hydroxylation is 1. The summed E-state index contributed by atoms with van der Waals surface area (Å²) in [6.45, 7) is 1.97. The van der Waals surface area contributed by atoms with Crippen LogP contribution >= 0.6 is 11.3 Å². The first-order valence-electron chi connectivity index (χ1n) is 10.8. The molecule has 0 radical (unpaired) electrons. The minimum absolute atomic E-state index is 0.0744. The number of nitrogens with one attached hydrogen (secondary N) is 2. The Hall–Kier alpha value is -3.50. The molecule has 2 heterocycles. The van der Waals surface area contributed by atoms with Gasteiger partial charge in [0, 0.05) is 11.9 Å². The highest BCUT2D eigenvalue weighted by Crippen LogP contribution is 2.41. The van der Waals surface area contributed by atoms with Gasteiger partial charge >= 0.3 is 0 Å². The van der Waals surface area contributed by atoms with E-state index < -0.39 is 5.54 Å². The molecule has 5 nitrogen and oxygen atoms in total. The van der Waals surface area contributed by atoms with Gasteiger partial charge in [-0.05, 0) is 78.6 Å². The summed E-state index contributed by atoms with van der Waals surface area (Å²) in [4.78, 5) is 15.6. The summed E-state index contributed by atoms with van der Waals surface area (Å²) in [5.74, 6) is -0.651. The van der Waals surface area contributed by atoms with E-state index in [-0.39, 0.29) is 23.6 Å². The molecule has 2 atom stereocenters. The van der Waals surface area contributed by atoms with Gasteiger partial charge < -0.3 is 5.32 Å². The number of amides is 1. The first-order chi connectivity index (χ1) is 15.8. The van der Waals surface area contributed by atoms with Gasteiger partial charge in [0.25, 0.3) is 0 Å². The highest BCUT2D eigenvalue weighted by atomic mass is 32.1. The van der Waals surface area contributed by atoms with Gasteiger partial charge in [0.1, 0.15) is 5.82 Å². The SMILES string of the molecule is CN1C(=N)N[C@](C)(c2cc(-c3cccc(C#N)c3)cs2)C(CCCc2cccc(F)c2)C1=O. The highest BCUT2D eigenvalue weighted by Gasteiger charge is 2.47. The van der Waals surface area contributed by atoms with E-state index in [1.54, 1.807) is 30.5 Å². The number of nitrogens with zero attached hydrogens (tertiary/aromatic N) is 2. The zero-order chi connectivity index (χ0) is 23.6. The van der Waals surface area contributed by atoms with E-state index in [0.29, 0.717) is 18.4 Å². The summed E-state index contributed by atoms with van der Waals surface area (Å²) in [7, 11) is 1.62. The van der Waals surface area contributed by atoms with Crippen LogP contribution in [-0.4, -0.2) is 23.8 Å². The maximum absolute atomic E-state index is 13.5. The highest BCUT2D eigenvalue weighted by molar-refractivity contribution is 7.10. The smallest absolute Gasteiger partial charge is 0.234 e. The van der Waals surface area contributed by atoms with E-state index >= 15 is 0 Å². The molecule has 0 bridgehead atoms. The predicted molar refractivity (Wildman–Crippen MR) is 128 cm³/mol. The Balaban J connectivity index is 1.60. The van der Waals surface area contributed by atoms with Crippen LogP contribution in [0.1, 0.15) is 35.8 Å². The Morgan fingerprint density at radius 1 is 1.21 bits per heavy atom. The Morgan fingerprint density at radius 2 is 2.00 bits per heavy atom. The fourth-order valence-corrected chi connectivity index (χ4v) is 5.48.